The van der Waals surface area contributed by atoms with Gasteiger partial charge in [-0.15, -0.1) is 23.1 Å². The Morgan fingerprint density at radius 1 is 1.00 bits per heavy atom. The number of esters is 1. The first-order chi connectivity index (χ1) is 16.6. The number of nitrogens with zero attached hydrogens (tertiary/aromatic N) is 1. The van der Waals surface area contributed by atoms with Crippen LogP contribution in [0.5, 0.6) is 0 Å². The third kappa shape index (κ3) is 4.13. The predicted octanol–water partition coefficient (Wildman–Crippen LogP) is 7.51. The molecule has 0 bridgehead atoms. The molecule has 0 fully saturated rings. The molecule has 0 radical (unpaired) electrons. The lowest BCUT2D eigenvalue weighted by Gasteiger charge is -2.04. The first-order valence-electron chi connectivity index (χ1n) is 10.8. The quantitative estimate of drug-likeness (QED) is 0.130. The van der Waals surface area contributed by atoms with E-state index >= 15 is 0 Å². The van der Waals surface area contributed by atoms with Crippen molar-refractivity contribution in [1.82, 2.24) is 4.40 Å². The molecule has 34 heavy (non-hydrogen) atoms. The molecular formula is C27H20ClNO3S2. The van der Waals surface area contributed by atoms with Gasteiger partial charge < -0.3 is 9.14 Å². The Morgan fingerprint density at radius 2 is 1.74 bits per heavy atom. The summed E-state index contributed by atoms with van der Waals surface area (Å²) in [5, 5.41) is 1.35. The number of thioether (sulfide) groups is 1. The van der Waals surface area contributed by atoms with E-state index in [1.807, 2.05) is 71.3 Å². The van der Waals surface area contributed by atoms with Crippen LogP contribution in [0, 0.1) is 0 Å². The van der Waals surface area contributed by atoms with Gasteiger partial charge in [0.2, 0.25) is 5.78 Å². The Bertz CT molecular complexity index is 1500. The van der Waals surface area contributed by atoms with E-state index < -0.39 is 5.97 Å². The van der Waals surface area contributed by atoms with E-state index in [1.54, 1.807) is 30.8 Å². The maximum atomic E-state index is 13.6. The maximum Gasteiger partial charge on any atom is 0.341 e. The Hall–Kier alpha value is -3.06. The van der Waals surface area contributed by atoms with E-state index in [2.05, 4.69) is 0 Å². The van der Waals surface area contributed by atoms with Gasteiger partial charge in [-0.05, 0) is 36.8 Å². The zero-order valence-electron chi connectivity index (χ0n) is 18.3. The van der Waals surface area contributed by atoms with E-state index in [-0.39, 0.29) is 12.4 Å². The van der Waals surface area contributed by atoms with Crippen LogP contribution in [0.3, 0.4) is 0 Å². The lowest BCUT2D eigenvalue weighted by molar-refractivity contribution is 0.0531. The van der Waals surface area contributed by atoms with Crippen molar-refractivity contribution in [2.75, 3.05) is 6.61 Å². The molecule has 7 heteroatoms. The van der Waals surface area contributed by atoms with Crippen molar-refractivity contribution in [1.29, 1.82) is 0 Å². The summed E-state index contributed by atoms with van der Waals surface area (Å²) in [7, 11) is 0. The van der Waals surface area contributed by atoms with E-state index in [9.17, 15) is 9.59 Å². The van der Waals surface area contributed by atoms with Crippen LogP contribution in [0.2, 0.25) is 5.02 Å². The molecule has 4 nitrogen and oxygen atoms in total. The van der Waals surface area contributed by atoms with Crippen LogP contribution in [0.4, 0.5) is 0 Å². The fraction of sp³-hybridized carbons (Fsp3) is 0.111. The van der Waals surface area contributed by atoms with Crippen LogP contribution >= 0.6 is 34.7 Å². The van der Waals surface area contributed by atoms with Crippen LogP contribution in [0.15, 0.2) is 83.2 Å². The Kier molecular flexibility index (Phi) is 6.46. The molecule has 0 aliphatic heterocycles. The van der Waals surface area contributed by atoms with E-state index in [4.69, 9.17) is 16.3 Å². The average molecular weight is 506 g/mol. The molecule has 0 atom stereocenters. The fourth-order valence-electron chi connectivity index (χ4n) is 3.94. The summed E-state index contributed by atoms with van der Waals surface area (Å²) in [6.45, 7) is 2.04. The first-order valence-corrected chi connectivity index (χ1v) is 13.0. The van der Waals surface area contributed by atoms with E-state index in [1.165, 1.54) is 11.3 Å². The molecule has 5 aromatic rings. The Morgan fingerprint density at radius 3 is 2.47 bits per heavy atom. The number of rotatable bonds is 7. The van der Waals surface area contributed by atoms with Crippen LogP contribution in [-0.2, 0) is 10.5 Å². The van der Waals surface area contributed by atoms with Crippen LogP contribution in [0.1, 0.15) is 38.1 Å². The molecule has 0 aliphatic rings. The SMILES string of the molecule is CCOC(=O)c1c2c(C(=O)c3ccccc3)sc(SCc3ccc(Cl)cc3)c2n2ccccc12. The van der Waals surface area contributed by atoms with Gasteiger partial charge in [-0.2, -0.15) is 0 Å². The highest BCUT2D eigenvalue weighted by Crippen LogP contribution is 2.44. The molecule has 0 unspecified atom stereocenters. The van der Waals surface area contributed by atoms with Crippen molar-refractivity contribution in [2.24, 2.45) is 0 Å². The molecular weight excluding hydrogens is 486 g/mol. The molecule has 0 amide bonds. The summed E-state index contributed by atoms with van der Waals surface area (Å²) < 4.78 is 8.38. The second kappa shape index (κ2) is 9.66. The minimum Gasteiger partial charge on any atom is -0.462 e. The summed E-state index contributed by atoms with van der Waals surface area (Å²) in [6, 6.07) is 22.6. The van der Waals surface area contributed by atoms with Gasteiger partial charge in [0.05, 0.1) is 32.3 Å². The molecule has 3 heterocycles. The van der Waals surface area contributed by atoms with Crippen molar-refractivity contribution in [2.45, 2.75) is 16.9 Å². The van der Waals surface area contributed by atoms with Crippen molar-refractivity contribution >= 4 is 62.9 Å². The molecule has 0 saturated carbocycles. The van der Waals surface area contributed by atoms with Gasteiger partial charge in [-0.25, -0.2) is 4.79 Å². The lowest BCUT2D eigenvalue weighted by atomic mass is 10.1. The molecule has 2 aromatic carbocycles. The largest absolute Gasteiger partial charge is 0.462 e. The number of ketones is 1. The Balaban J connectivity index is 1.72. The minimum atomic E-state index is -0.421. The molecule has 0 spiro atoms. The number of aromatic nitrogens is 1. The number of pyridine rings is 1. The zero-order valence-corrected chi connectivity index (χ0v) is 20.7. The van der Waals surface area contributed by atoms with E-state index in [0.717, 1.165) is 20.8 Å². The molecule has 170 valence electrons. The van der Waals surface area contributed by atoms with Crippen LogP contribution in [0.25, 0.3) is 16.4 Å². The van der Waals surface area contributed by atoms with Gasteiger partial charge >= 0.3 is 5.97 Å². The van der Waals surface area contributed by atoms with E-state index in [0.29, 0.717) is 32.2 Å². The van der Waals surface area contributed by atoms with Crippen LogP contribution in [-0.4, -0.2) is 22.8 Å². The second-order valence-electron chi connectivity index (χ2n) is 7.60. The normalized spacial score (nSPS) is 11.2. The van der Waals surface area contributed by atoms with Crippen molar-refractivity contribution in [3.8, 4) is 0 Å². The number of hydrogen-bond donors (Lipinski definition) is 0. The van der Waals surface area contributed by atoms with Gasteiger partial charge in [0, 0.05) is 27.9 Å². The number of ether oxygens (including phenoxy) is 1. The second-order valence-corrected chi connectivity index (χ2v) is 10.3. The summed E-state index contributed by atoms with van der Waals surface area (Å²) in [5.41, 5.74) is 3.74. The first kappa shape index (κ1) is 22.7. The molecule has 0 saturated heterocycles. The van der Waals surface area contributed by atoms with Crippen molar-refractivity contribution in [3.05, 3.63) is 106 Å². The summed E-state index contributed by atoms with van der Waals surface area (Å²) in [5.74, 6) is 0.186. The molecule has 3 aromatic heterocycles. The fourth-order valence-corrected chi connectivity index (χ4v) is 6.55. The highest BCUT2D eigenvalue weighted by atomic mass is 35.5. The lowest BCUT2D eigenvalue weighted by Crippen LogP contribution is -2.06. The molecule has 0 N–H and O–H groups in total. The minimum absolute atomic E-state index is 0.101. The monoisotopic (exact) mass is 505 g/mol. The average Bonchev–Trinajstić information content (AvgIpc) is 3.40. The maximum absolute atomic E-state index is 13.6. The number of carbonyl (C=O) groups is 2. The molecule has 5 rings (SSSR count). The van der Waals surface area contributed by atoms with Gasteiger partial charge in [0.15, 0.2) is 0 Å². The van der Waals surface area contributed by atoms with Gasteiger partial charge in [0.1, 0.15) is 0 Å². The summed E-state index contributed by atoms with van der Waals surface area (Å²) in [4.78, 5) is 27.3. The van der Waals surface area contributed by atoms with Gasteiger partial charge in [0.25, 0.3) is 0 Å². The van der Waals surface area contributed by atoms with Gasteiger partial charge in [-0.1, -0.05) is 60.1 Å². The van der Waals surface area contributed by atoms with Crippen molar-refractivity contribution in [3.63, 3.8) is 0 Å². The molecule has 0 aliphatic carbocycles. The number of carbonyl (C=O) groups excluding carboxylic acids is 2. The number of hydrogen-bond acceptors (Lipinski definition) is 5. The highest BCUT2D eigenvalue weighted by Gasteiger charge is 2.29. The summed E-state index contributed by atoms with van der Waals surface area (Å²) >= 11 is 9.11. The number of fused-ring (bicyclic) bond motifs is 3. The number of halogens is 1. The zero-order chi connectivity index (χ0) is 23.7. The van der Waals surface area contributed by atoms with Gasteiger partial charge in [-0.3, -0.25) is 4.79 Å². The van der Waals surface area contributed by atoms with Crippen LogP contribution < -0.4 is 0 Å². The van der Waals surface area contributed by atoms with Crippen molar-refractivity contribution < 1.29 is 14.3 Å². The predicted molar refractivity (Wildman–Crippen MR) is 140 cm³/mol. The Labute approximate surface area is 210 Å². The third-order valence-corrected chi connectivity index (χ3v) is 8.22. The summed E-state index contributed by atoms with van der Waals surface area (Å²) in [6.07, 6.45) is 1.93. The number of thiophene rings is 1. The smallest absolute Gasteiger partial charge is 0.341 e. The topological polar surface area (TPSA) is 47.8 Å². The third-order valence-electron chi connectivity index (χ3n) is 5.46. The standard InChI is InChI=1S/C27H20ClNO3S2/c1-2-32-26(31)21-20-10-6-7-15-29(20)23-22(21)25(24(30)18-8-4-3-5-9-18)34-27(23)33-16-17-11-13-19(28)14-12-17/h3-15H,2,16H2,1H3. The number of benzene rings is 2. The highest BCUT2D eigenvalue weighted by molar-refractivity contribution is 8.00.